The minimum absolute atomic E-state index is 0.851. The van der Waals surface area contributed by atoms with Crippen molar-refractivity contribution in [2.24, 2.45) is 0 Å². The Labute approximate surface area is 141 Å². The molecule has 0 amide bonds. The summed E-state index contributed by atoms with van der Waals surface area (Å²) < 4.78 is 0. The number of aromatic nitrogens is 2. The second-order valence-electron chi connectivity index (χ2n) is 6.04. The minimum Gasteiger partial charge on any atom is -0.369 e. The molecule has 0 aliphatic rings. The first kappa shape index (κ1) is 14.6. The summed E-state index contributed by atoms with van der Waals surface area (Å²) in [4.78, 5) is 8.87. The van der Waals surface area contributed by atoms with E-state index in [-0.39, 0.29) is 0 Å². The normalized spacial score (nSPS) is 11.0. The molecule has 0 aliphatic carbocycles. The summed E-state index contributed by atoms with van der Waals surface area (Å²) >= 11 is 0. The molecule has 1 aromatic heterocycles. The number of hydrogen-bond acceptors (Lipinski definition) is 3. The maximum atomic E-state index is 4.45. The van der Waals surface area contributed by atoms with Crippen LogP contribution in [0.1, 0.15) is 11.1 Å². The van der Waals surface area contributed by atoms with Crippen molar-refractivity contribution in [3.05, 3.63) is 78.1 Å². The molecule has 0 atom stereocenters. The first-order chi connectivity index (χ1) is 11.8. The van der Waals surface area contributed by atoms with E-state index in [4.69, 9.17) is 0 Å². The van der Waals surface area contributed by atoms with Gasteiger partial charge in [-0.1, -0.05) is 48.5 Å². The Morgan fingerprint density at radius 3 is 2.46 bits per heavy atom. The second-order valence-corrected chi connectivity index (χ2v) is 6.04. The summed E-state index contributed by atoms with van der Waals surface area (Å²) in [6, 6.07) is 21.1. The van der Waals surface area contributed by atoms with Crippen molar-refractivity contribution < 1.29 is 0 Å². The Balaban J connectivity index is 1.62. The molecule has 0 spiro atoms. The second kappa shape index (κ2) is 6.28. The third kappa shape index (κ3) is 2.81. The van der Waals surface area contributed by atoms with Gasteiger partial charge in [-0.3, -0.25) is 0 Å². The molecule has 118 valence electrons. The van der Waals surface area contributed by atoms with Crippen molar-refractivity contribution in [3.8, 4) is 0 Å². The van der Waals surface area contributed by atoms with Crippen molar-refractivity contribution in [1.29, 1.82) is 0 Å². The van der Waals surface area contributed by atoms with Crippen molar-refractivity contribution in [2.75, 3.05) is 11.9 Å². The highest BCUT2D eigenvalue weighted by Crippen LogP contribution is 2.25. The topological polar surface area (TPSA) is 37.8 Å². The van der Waals surface area contributed by atoms with E-state index in [9.17, 15) is 0 Å². The first-order valence-corrected chi connectivity index (χ1v) is 8.23. The third-order valence-corrected chi connectivity index (χ3v) is 4.45. The molecule has 0 fully saturated rings. The molecule has 4 aromatic rings. The van der Waals surface area contributed by atoms with Gasteiger partial charge in [0, 0.05) is 11.9 Å². The largest absolute Gasteiger partial charge is 0.369 e. The number of rotatable bonds is 4. The predicted molar refractivity (Wildman–Crippen MR) is 100 cm³/mol. The maximum Gasteiger partial charge on any atom is 0.137 e. The molecule has 3 heteroatoms. The molecule has 0 radical (unpaired) electrons. The number of benzene rings is 3. The van der Waals surface area contributed by atoms with Crippen molar-refractivity contribution >= 4 is 27.5 Å². The number of anilines is 1. The van der Waals surface area contributed by atoms with Gasteiger partial charge in [-0.15, -0.1) is 0 Å². The molecule has 4 rings (SSSR count). The highest BCUT2D eigenvalue weighted by atomic mass is 15.0. The summed E-state index contributed by atoms with van der Waals surface area (Å²) in [5, 5.41) is 6.96. The quantitative estimate of drug-likeness (QED) is 0.553. The van der Waals surface area contributed by atoms with E-state index in [1.54, 1.807) is 6.33 Å². The Morgan fingerprint density at radius 2 is 1.62 bits per heavy atom. The van der Waals surface area contributed by atoms with Gasteiger partial charge in [0.05, 0.1) is 5.52 Å². The molecule has 0 saturated heterocycles. The van der Waals surface area contributed by atoms with E-state index in [0.717, 1.165) is 29.7 Å². The van der Waals surface area contributed by atoms with Crippen LogP contribution in [0.25, 0.3) is 21.7 Å². The van der Waals surface area contributed by atoms with Gasteiger partial charge in [-0.2, -0.15) is 0 Å². The summed E-state index contributed by atoms with van der Waals surface area (Å²) in [7, 11) is 0. The lowest BCUT2D eigenvalue weighted by molar-refractivity contribution is 0.994. The average Bonchev–Trinajstić information content (AvgIpc) is 2.62. The van der Waals surface area contributed by atoms with Crippen LogP contribution in [0.2, 0.25) is 0 Å². The molecule has 3 aromatic carbocycles. The van der Waals surface area contributed by atoms with Crippen molar-refractivity contribution in [3.63, 3.8) is 0 Å². The number of nitrogens with one attached hydrogen (secondary N) is 1. The monoisotopic (exact) mass is 313 g/mol. The SMILES string of the molecule is Cc1ccccc1CCNc1ncnc2cc3ccccc3cc12. The van der Waals surface area contributed by atoms with E-state index >= 15 is 0 Å². The van der Waals surface area contributed by atoms with Crippen LogP contribution in [0.4, 0.5) is 5.82 Å². The van der Waals surface area contributed by atoms with Crippen LogP contribution in [-0.2, 0) is 6.42 Å². The first-order valence-electron chi connectivity index (χ1n) is 8.23. The van der Waals surface area contributed by atoms with Gasteiger partial charge in [-0.05, 0) is 47.4 Å². The standard InChI is InChI=1S/C21H19N3/c1-15-6-2-3-7-16(15)10-11-22-21-19-12-17-8-4-5-9-18(17)13-20(19)23-14-24-21/h2-9,12-14H,10-11H2,1H3,(H,22,23,24). The molecule has 0 unspecified atom stereocenters. The zero-order valence-electron chi connectivity index (χ0n) is 13.7. The van der Waals surface area contributed by atoms with Crippen LogP contribution in [0.15, 0.2) is 67.0 Å². The zero-order chi connectivity index (χ0) is 16.4. The molecule has 0 bridgehead atoms. The van der Waals surface area contributed by atoms with E-state index in [0.29, 0.717) is 0 Å². The number of nitrogens with zero attached hydrogens (tertiary/aromatic N) is 2. The van der Waals surface area contributed by atoms with Gasteiger partial charge in [-0.25, -0.2) is 9.97 Å². The van der Waals surface area contributed by atoms with E-state index in [1.807, 2.05) is 0 Å². The summed E-state index contributed by atoms with van der Waals surface area (Å²) in [6.45, 7) is 3.01. The summed E-state index contributed by atoms with van der Waals surface area (Å²) in [5.74, 6) is 0.902. The van der Waals surface area contributed by atoms with Crippen LogP contribution in [0.5, 0.6) is 0 Å². The Hall–Kier alpha value is -2.94. The molecular weight excluding hydrogens is 294 g/mol. The van der Waals surface area contributed by atoms with Gasteiger partial charge in [0.1, 0.15) is 12.1 Å². The molecule has 0 aliphatic heterocycles. The molecular formula is C21H19N3. The van der Waals surface area contributed by atoms with Crippen LogP contribution < -0.4 is 5.32 Å². The maximum absolute atomic E-state index is 4.45. The van der Waals surface area contributed by atoms with Crippen LogP contribution in [-0.4, -0.2) is 16.5 Å². The van der Waals surface area contributed by atoms with Gasteiger partial charge in [0.15, 0.2) is 0 Å². The Kier molecular flexibility index (Phi) is 3.83. The van der Waals surface area contributed by atoms with Gasteiger partial charge in [0.2, 0.25) is 0 Å². The van der Waals surface area contributed by atoms with Crippen LogP contribution >= 0.6 is 0 Å². The van der Waals surface area contributed by atoms with E-state index in [2.05, 4.69) is 82.9 Å². The van der Waals surface area contributed by atoms with E-state index < -0.39 is 0 Å². The Morgan fingerprint density at radius 1 is 0.875 bits per heavy atom. The lowest BCUT2D eigenvalue weighted by Crippen LogP contribution is -2.07. The zero-order valence-corrected chi connectivity index (χ0v) is 13.7. The lowest BCUT2D eigenvalue weighted by Gasteiger charge is -2.10. The smallest absolute Gasteiger partial charge is 0.137 e. The average molecular weight is 313 g/mol. The fraction of sp³-hybridized carbons (Fsp3) is 0.143. The Bertz CT molecular complexity index is 1010. The van der Waals surface area contributed by atoms with Gasteiger partial charge < -0.3 is 5.32 Å². The van der Waals surface area contributed by atoms with Crippen LogP contribution in [0, 0.1) is 6.92 Å². The fourth-order valence-electron chi connectivity index (χ4n) is 3.09. The highest BCUT2D eigenvalue weighted by molar-refractivity contribution is 6.00. The lowest BCUT2D eigenvalue weighted by atomic mass is 10.1. The highest BCUT2D eigenvalue weighted by Gasteiger charge is 2.05. The third-order valence-electron chi connectivity index (χ3n) is 4.45. The number of aryl methyl sites for hydroxylation is 1. The molecule has 1 heterocycles. The van der Waals surface area contributed by atoms with Crippen LogP contribution in [0.3, 0.4) is 0 Å². The predicted octanol–water partition coefficient (Wildman–Crippen LogP) is 4.75. The van der Waals surface area contributed by atoms with Crippen molar-refractivity contribution in [1.82, 2.24) is 9.97 Å². The van der Waals surface area contributed by atoms with Gasteiger partial charge >= 0.3 is 0 Å². The fourth-order valence-corrected chi connectivity index (χ4v) is 3.09. The number of hydrogen-bond donors (Lipinski definition) is 1. The van der Waals surface area contributed by atoms with Gasteiger partial charge in [0.25, 0.3) is 0 Å². The molecule has 1 N–H and O–H groups in total. The summed E-state index contributed by atoms with van der Waals surface area (Å²) in [5.41, 5.74) is 3.67. The number of fused-ring (bicyclic) bond motifs is 2. The van der Waals surface area contributed by atoms with E-state index in [1.165, 1.54) is 21.9 Å². The molecule has 3 nitrogen and oxygen atoms in total. The minimum atomic E-state index is 0.851. The van der Waals surface area contributed by atoms with Crippen molar-refractivity contribution in [2.45, 2.75) is 13.3 Å². The molecule has 0 saturated carbocycles. The summed E-state index contributed by atoms with van der Waals surface area (Å²) in [6.07, 6.45) is 2.61. The molecule has 24 heavy (non-hydrogen) atoms.